The van der Waals surface area contributed by atoms with Gasteiger partial charge in [-0.1, -0.05) is 36.4 Å². The van der Waals surface area contributed by atoms with Crippen molar-refractivity contribution in [2.24, 2.45) is 4.99 Å². The third-order valence-electron chi connectivity index (χ3n) is 3.42. The Hall–Kier alpha value is -2.73. The summed E-state index contributed by atoms with van der Waals surface area (Å²) in [7, 11) is 1.75. The first kappa shape index (κ1) is 16.1. The number of nitrogens with one attached hydrogen (secondary N) is 2. The van der Waals surface area contributed by atoms with Gasteiger partial charge in [0, 0.05) is 24.2 Å². The van der Waals surface area contributed by atoms with Crippen molar-refractivity contribution in [2.75, 3.05) is 7.05 Å². The highest BCUT2D eigenvalue weighted by molar-refractivity contribution is 7.09. The molecule has 5 nitrogen and oxygen atoms in total. The van der Waals surface area contributed by atoms with Crippen LogP contribution in [0.15, 0.2) is 65.1 Å². The van der Waals surface area contributed by atoms with Crippen LogP contribution in [0.4, 0.5) is 0 Å². The van der Waals surface area contributed by atoms with E-state index < -0.39 is 0 Å². The number of nitrogens with zero attached hydrogens (tertiary/aromatic N) is 3. The molecule has 0 aliphatic rings. The first-order valence-electron chi connectivity index (χ1n) is 7.69. The van der Waals surface area contributed by atoms with Gasteiger partial charge < -0.3 is 10.6 Å². The number of guanidine groups is 1. The molecule has 0 spiro atoms. The maximum Gasteiger partial charge on any atom is 0.191 e. The van der Waals surface area contributed by atoms with Gasteiger partial charge in [-0.3, -0.25) is 9.98 Å². The van der Waals surface area contributed by atoms with Gasteiger partial charge in [-0.2, -0.15) is 0 Å². The van der Waals surface area contributed by atoms with Gasteiger partial charge in [-0.25, -0.2) is 4.98 Å². The van der Waals surface area contributed by atoms with Gasteiger partial charge in [0.2, 0.25) is 0 Å². The fourth-order valence-electron chi connectivity index (χ4n) is 2.19. The zero-order valence-corrected chi connectivity index (χ0v) is 14.3. The van der Waals surface area contributed by atoms with Crippen molar-refractivity contribution in [1.29, 1.82) is 0 Å². The predicted molar refractivity (Wildman–Crippen MR) is 98.8 cm³/mol. The number of pyridine rings is 1. The maximum absolute atomic E-state index is 4.67. The highest BCUT2D eigenvalue weighted by Gasteiger charge is 2.05. The van der Waals surface area contributed by atoms with E-state index in [-0.39, 0.29) is 0 Å². The molecule has 0 aliphatic carbocycles. The smallest absolute Gasteiger partial charge is 0.191 e. The first-order chi connectivity index (χ1) is 11.8. The van der Waals surface area contributed by atoms with Crippen molar-refractivity contribution in [3.8, 4) is 11.3 Å². The van der Waals surface area contributed by atoms with Gasteiger partial charge >= 0.3 is 0 Å². The summed E-state index contributed by atoms with van der Waals surface area (Å²) in [6, 6.07) is 16.1. The third kappa shape index (κ3) is 4.39. The topological polar surface area (TPSA) is 62.2 Å². The average Bonchev–Trinajstić information content (AvgIpc) is 3.12. The zero-order chi connectivity index (χ0) is 16.6. The summed E-state index contributed by atoms with van der Waals surface area (Å²) < 4.78 is 0. The Morgan fingerprint density at radius 2 is 1.83 bits per heavy atom. The molecule has 1 aromatic carbocycles. The van der Waals surface area contributed by atoms with Gasteiger partial charge in [-0.05, 0) is 12.1 Å². The molecule has 0 amide bonds. The standard InChI is InChI=1S/C18H19N5S/c1-19-18(21-11-15-9-5-6-10-20-15)22-12-17-23-16(13-24-17)14-7-3-2-4-8-14/h2-10,13H,11-12H2,1H3,(H2,19,21,22). The van der Waals surface area contributed by atoms with E-state index in [1.54, 1.807) is 24.6 Å². The molecule has 0 saturated heterocycles. The van der Waals surface area contributed by atoms with E-state index in [9.17, 15) is 0 Å². The minimum Gasteiger partial charge on any atom is -0.351 e. The second-order valence-corrected chi connectivity index (χ2v) is 6.04. The van der Waals surface area contributed by atoms with Crippen molar-refractivity contribution in [2.45, 2.75) is 13.1 Å². The van der Waals surface area contributed by atoms with Gasteiger partial charge in [0.1, 0.15) is 5.01 Å². The van der Waals surface area contributed by atoms with Crippen LogP contribution in [0.2, 0.25) is 0 Å². The van der Waals surface area contributed by atoms with E-state index in [1.807, 2.05) is 36.4 Å². The van der Waals surface area contributed by atoms with Crippen molar-refractivity contribution in [3.05, 3.63) is 70.8 Å². The summed E-state index contributed by atoms with van der Waals surface area (Å²) >= 11 is 1.64. The SMILES string of the molecule is CN=C(NCc1ccccn1)NCc1nc(-c2ccccc2)cs1. The number of rotatable bonds is 5. The molecule has 2 aromatic heterocycles. The molecule has 3 rings (SSSR count). The molecule has 0 bridgehead atoms. The van der Waals surface area contributed by atoms with Gasteiger partial charge in [-0.15, -0.1) is 11.3 Å². The molecule has 0 unspecified atom stereocenters. The largest absolute Gasteiger partial charge is 0.351 e. The molecule has 122 valence electrons. The van der Waals surface area contributed by atoms with Crippen LogP contribution in [-0.4, -0.2) is 23.0 Å². The van der Waals surface area contributed by atoms with Crippen LogP contribution in [0.1, 0.15) is 10.7 Å². The summed E-state index contributed by atoms with van der Waals surface area (Å²) in [6.45, 7) is 1.27. The maximum atomic E-state index is 4.67. The Balaban J connectivity index is 1.54. The lowest BCUT2D eigenvalue weighted by Gasteiger charge is -2.10. The Morgan fingerprint density at radius 1 is 1.04 bits per heavy atom. The second-order valence-electron chi connectivity index (χ2n) is 5.09. The van der Waals surface area contributed by atoms with Crippen LogP contribution in [0.3, 0.4) is 0 Å². The summed E-state index contributed by atoms with van der Waals surface area (Å²) in [4.78, 5) is 13.2. The van der Waals surface area contributed by atoms with E-state index in [1.165, 1.54) is 0 Å². The lowest BCUT2D eigenvalue weighted by molar-refractivity contribution is 0.791. The lowest BCUT2D eigenvalue weighted by atomic mass is 10.2. The number of aromatic nitrogens is 2. The Labute approximate surface area is 145 Å². The summed E-state index contributed by atoms with van der Waals surface area (Å²) in [5.74, 6) is 0.733. The van der Waals surface area contributed by atoms with Crippen molar-refractivity contribution in [3.63, 3.8) is 0 Å². The summed E-state index contributed by atoms with van der Waals surface area (Å²) in [5, 5.41) is 9.63. The molecular formula is C18H19N5S. The second kappa shape index (κ2) is 8.21. The summed E-state index contributed by atoms with van der Waals surface area (Å²) in [6.07, 6.45) is 1.79. The van der Waals surface area contributed by atoms with Crippen LogP contribution in [0.25, 0.3) is 11.3 Å². The van der Waals surface area contributed by atoms with Crippen molar-refractivity contribution < 1.29 is 0 Å². The van der Waals surface area contributed by atoms with Crippen LogP contribution in [0, 0.1) is 0 Å². The van der Waals surface area contributed by atoms with Crippen molar-refractivity contribution in [1.82, 2.24) is 20.6 Å². The molecular weight excluding hydrogens is 318 g/mol. The number of thiazole rings is 1. The highest BCUT2D eigenvalue weighted by Crippen LogP contribution is 2.21. The van der Waals surface area contributed by atoms with E-state index >= 15 is 0 Å². The van der Waals surface area contributed by atoms with E-state index in [0.717, 1.165) is 27.9 Å². The van der Waals surface area contributed by atoms with Gasteiger partial charge in [0.15, 0.2) is 5.96 Å². The normalized spacial score (nSPS) is 11.3. The molecule has 0 aliphatic heterocycles. The predicted octanol–water partition coefficient (Wildman–Crippen LogP) is 3.07. The minimum atomic E-state index is 0.633. The quantitative estimate of drug-likeness (QED) is 0.555. The molecule has 0 saturated carbocycles. The van der Waals surface area contributed by atoms with Crippen LogP contribution >= 0.6 is 11.3 Å². The Bertz CT molecular complexity index is 783. The molecule has 6 heteroatoms. The van der Waals surface area contributed by atoms with Crippen molar-refractivity contribution >= 4 is 17.3 Å². The molecule has 3 aromatic rings. The Kier molecular flexibility index (Phi) is 5.52. The van der Waals surface area contributed by atoms with E-state index in [0.29, 0.717) is 13.1 Å². The molecule has 0 atom stereocenters. The zero-order valence-electron chi connectivity index (χ0n) is 13.4. The van der Waals surface area contributed by atoms with E-state index in [2.05, 4.69) is 43.1 Å². The van der Waals surface area contributed by atoms with Crippen LogP contribution < -0.4 is 10.6 Å². The highest BCUT2D eigenvalue weighted by atomic mass is 32.1. The monoisotopic (exact) mass is 337 g/mol. The Morgan fingerprint density at radius 3 is 2.58 bits per heavy atom. The third-order valence-corrected chi connectivity index (χ3v) is 4.26. The molecule has 2 heterocycles. The number of aliphatic imine (C=N–C) groups is 1. The van der Waals surface area contributed by atoms with Crippen LogP contribution in [0.5, 0.6) is 0 Å². The summed E-state index contributed by atoms with van der Waals surface area (Å²) in [5.41, 5.74) is 3.12. The fraction of sp³-hybridized carbons (Fsp3) is 0.167. The van der Waals surface area contributed by atoms with E-state index in [4.69, 9.17) is 0 Å². The number of benzene rings is 1. The molecule has 24 heavy (non-hydrogen) atoms. The molecule has 2 N–H and O–H groups in total. The average molecular weight is 337 g/mol. The fourth-order valence-corrected chi connectivity index (χ4v) is 2.93. The van der Waals surface area contributed by atoms with Gasteiger partial charge in [0.05, 0.1) is 24.5 Å². The lowest BCUT2D eigenvalue weighted by Crippen LogP contribution is -2.36. The number of hydrogen-bond acceptors (Lipinski definition) is 4. The first-order valence-corrected chi connectivity index (χ1v) is 8.57. The number of hydrogen-bond donors (Lipinski definition) is 2. The minimum absolute atomic E-state index is 0.633. The molecule has 0 fully saturated rings. The van der Waals surface area contributed by atoms with Crippen LogP contribution in [-0.2, 0) is 13.1 Å². The van der Waals surface area contributed by atoms with Gasteiger partial charge in [0.25, 0.3) is 0 Å². The molecule has 0 radical (unpaired) electrons.